The Morgan fingerprint density at radius 1 is 0.914 bits per heavy atom. The summed E-state index contributed by atoms with van der Waals surface area (Å²) in [6, 6.07) is 19.1. The van der Waals surface area contributed by atoms with E-state index in [1.165, 1.54) is 4.90 Å². The molecule has 3 rings (SSSR count). The van der Waals surface area contributed by atoms with Crippen molar-refractivity contribution in [3.05, 3.63) is 82.9 Å². The second-order valence-electron chi connectivity index (χ2n) is 8.39. The van der Waals surface area contributed by atoms with E-state index < -0.39 is 18.0 Å². The number of halogens is 1. The average Bonchev–Trinajstić information content (AvgIpc) is 2.83. The largest absolute Gasteiger partial charge is 0.370 e. The van der Waals surface area contributed by atoms with Crippen molar-refractivity contribution in [2.45, 2.75) is 31.3 Å². The van der Waals surface area contributed by atoms with Crippen molar-refractivity contribution in [1.82, 2.24) is 4.90 Å². The monoisotopic (exact) mass is 494 g/mol. The minimum Gasteiger partial charge on any atom is -0.370 e. The Morgan fingerprint density at radius 2 is 1.60 bits per heavy atom. The maximum Gasteiger partial charge on any atom is 0.240 e. The number of aliphatic imine (C=N–C) groups is 1. The summed E-state index contributed by atoms with van der Waals surface area (Å²) in [5.74, 6) is -1.01. The lowest BCUT2D eigenvalue weighted by Gasteiger charge is -2.32. The molecule has 0 saturated heterocycles. The summed E-state index contributed by atoms with van der Waals surface area (Å²) < 4.78 is 0. The van der Waals surface area contributed by atoms with Crippen LogP contribution in [0.5, 0.6) is 0 Å². The van der Waals surface area contributed by atoms with Gasteiger partial charge in [0.15, 0.2) is 5.96 Å². The smallest absolute Gasteiger partial charge is 0.240 e. The number of primary amides is 1. The van der Waals surface area contributed by atoms with Crippen LogP contribution < -0.4 is 22.9 Å². The second kappa shape index (κ2) is 12.2. The van der Waals surface area contributed by atoms with E-state index in [0.717, 1.165) is 21.9 Å². The van der Waals surface area contributed by atoms with Crippen LogP contribution >= 0.6 is 11.6 Å². The number of carbonyl (C=O) groups excluding carboxylic acids is 2. The van der Waals surface area contributed by atoms with E-state index in [9.17, 15) is 9.59 Å². The minimum atomic E-state index is -0.885. The molecule has 0 heterocycles. The number of hydrogen-bond donors (Lipinski definition) is 4. The third kappa shape index (κ3) is 7.18. The lowest BCUT2D eigenvalue weighted by Crippen LogP contribution is -2.55. The standard InChI is InChI=1S/C26H31ClN6O2/c27-20-11-9-17(10-12-20)15-22(28)25(35)33(14-4-13-32-26(30)31)23(24(29)34)16-19-7-3-6-18-5-1-2-8-21(18)19/h1-3,5-12,22-23H,4,13-16,28H2,(H2,29,34)(H4,30,31,32)/t22-,23+/m1/s1. The molecule has 0 bridgehead atoms. The van der Waals surface area contributed by atoms with Crippen molar-refractivity contribution in [2.75, 3.05) is 13.1 Å². The number of hydrogen-bond acceptors (Lipinski definition) is 4. The van der Waals surface area contributed by atoms with Gasteiger partial charge in [-0.25, -0.2) is 0 Å². The predicted octanol–water partition coefficient (Wildman–Crippen LogP) is 1.95. The molecule has 8 nitrogen and oxygen atoms in total. The van der Waals surface area contributed by atoms with Crippen molar-refractivity contribution in [2.24, 2.45) is 27.9 Å². The Hall–Kier alpha value is -3.62. The average molecular weight is 495 g/mol. The van der Waals surface area contributed by atoms with Crippen molar-refractivity contribution in [1.29, 1.82) is 0 Å². The molecule has 35 heavy (non-hydrogen) atoms. The van der Waals surface area contributed by atoms with E-state index in [-0.39, 0.29) is 24.8 Å². The molecule has 184 valence electrons. The van der Waals surface area contributed by atoms with E-state index in [1.54, 1.807) is 12.1 Å². The molecule has 3 aromatic rings. The molecular formula is C26H31ClN6O2. The van der Waals surface area contributed by atoms with Gasteiger partial charge in [-0.15, -0.1) is 0 Å². The molecule has 8 N–H and O–H groups in total. The summed E-state index contributed by atoms with van der Waals surface area (Å²) in [6.45, 7) is 0.528. The molecule has 0 radical (unpaired) electrons. The molecule has 0 fully saturated rings. The fraction of sp³-hybridized carbons (Fsp3) is 0.269. The number of guanidine groups is 1. The van der Waals surface area contributed by atoms with Gasteiger partial charge in [-0.3, -0.25) is 14.6 Å². The Kier molecular flexibility index (Phi) is 9.05. The molecular weight excluding hydrogens is 464 g/mol. The first-order valence-electron chi connectivity index (χ1n) is 11.4. The highest BCUT2D eigenvalue weighted by atomic mass is 35.5. The molecule has 3 aromatic carbocycles. The fourth-order valence-electron chi connectivity index (χ4n) is 4.09. The quantitative estimate of drug-likeness (QED) is 0.182. The second-order valence-corrected chi connectivity index (χ2v) is 8.83. The van der Waals surface area contributed by atoms with Crippen LogP contribution in [0, 0.1) is 0 Å². The molecule has 2 amide bonds. The number of nitrogens with two attached hydrogens (primary N) is 4. The number of fused-ring (bicyclic) bond motifs is 1. The third-order valence-electron chi connectivity index (χ3n) is 5.82. The Balaban J connectivity index is 1.87. The molecule has 9 heteroatoms. The van der Waals surface area contributed by atoms with Crippen molar-refractivity contribution in [3.63, 3.8) is 0 Å². The maximum atomic E-state index is 13.5. The highest BCUT2D eigenvalue weighted by Gasteiger charge is 2.31. The van der Waals surface area contributed by atoms with Gasteiger partial charge < -0.3 is 27.8 Å². The van der Waals surface area contributed by atoms with Crippen molar-refractivity contribution >= 4 is 40.1 Å². The van der Waals surface area contributed by atoms with Crippen LogP contribution in [0.1, 0.15) is 17.5 Å². The first-order chi connectivity index (χ1) is 16.8. The lowest BCUT2D eigenvalue weighted by molar-refractivity contribution is -0.140. The Labute approximate surface area is 209 Å². The normalized spacial score (nSPS) is 12.6. The summed E-state index contributed by atoms with van der Waals surface area (Å²) in [5.41, 5.74) is 24.8. The molecule has 0 aliphatic rings. The molecule has 0 aliphatic carbocycles. The van der Waals surface area contributed by atoms with E-state index in [2.05, 4.69) is 4.99 Å². The van der Waals surface area contributed by atoms with E-state index in [4.69, 9.17) is 34.5 Å². The van der Waals surface area contributed by atoms with Crippen LogP contribution in [-0.2, 0) is 22.4 Å². The number of carbonyl (C=O) groups is 2. The van der Waals surface area contributed by atoms with Gasteiger partial charge in [-0.1, -0.05) is 66.2 Å². The topological polar surface area (TPSA) is 154 Å². The zero-order valence-electron chi connectivity index (χ0n) is 19.4. The van der Waals surface area contributed by atoms with Crippen LogP contribution in [0.2, 0.25) is 5.02 Å². The van der Waals surface area contributed by atoms with Gasteiger partial charge in [0.05, 0.1) is 6.04 Å². The fourth-order valence-corrected chi connectivity index (χ4v) is 4.21. The lowest BCUT2D eigenvalue weighted by atomic mass is 9.96. The van der Waals surface area contributed by atoms with Gasteiger partial charge in [0.25, 0.3) is 0 Å². The maximum absolute atomic E-state index is 13.5. The van der Waals surface area contributed by atoms with Crippen LogP contribution in [0.15, 0.2) is 71.7 Å². The Morgan fingerprint density at radius 3 is 2.29 bits per heavy atom. The van der Waals surface area contributed by atoms with Crippen molar-refractivity contribution in [3.8, 4) is 0 Å². The Bertz CT molecular complexity index is 1190. The summed E-state index contributed by atoms with van der Waals surface area (Å²) >= 11 is 5.96. The molecule has 0 aromatic heterocycles. The molecule has 0 spiro atoms. The number of benzene rings is 3. The van der Waals surface area contributed by atoms with Gasteiger partial charge in [0, 0.05) is 24.5 Å². The SMILES string of the molecule is NC(=O)[C@H](Cc1cccc2ccccc12)N(CCCN=C(N)N)C(=O)[C@H](N)Cc1ccc(Cl)cc1. The summed E-state index contributed by atoms with van der Waals surface area (Å²) in [5, 5.41) is 2.64. The van der Waals surface area contributed by atoms with Gasteiger partial charge in [0.2, 0.25) is 11.8 Å². The molecule has 0 saturated carbocycles. The first-order valence-corrected chi connectivity index (χ1v) is 11.8. The molecule has 2 atom stereocenters. The zero-order chi connectivity index (χ0) is 25.4. The summed E-state index contributed by atoms with van der Waals surface area (Å²) in [4.78, 5) is 31.6. The predicted molar refractivity (Wildman–Crippen MR) is 141 cm³/mol. The number of nitrogens with zero attached hydrogens (tertiary/aromatic N) is 2. The van der Waals surface area contributed by atoms with Gasteiger partial charge in [-0.2, -0.15) is 0 Å². The number of amides is 2. The van der Waals surface area contributed by atoms with E-state index >= 15 is 0 Å². The van der Waals surface area contributed by atoms with Gasteiger partial charge >= 0.3 is 0 Å². The molecule has 0 unspecified atom stereocenters. The zero-order valence-corrected chi connectivity index (χ0v) is 20.2. The van der Waals surface area contributed by atoms with E-state index in [0.29, 0.717) is 24.4 Å². The highest BCUT2D eigenvalue weighted by molar-refractivity contribution is 6.30. The van der Waals surface area contributed by atoms with Crippen LogP contribution in [0.4, 0.5) is 0 Å². The van der Waals surface area contributed by atoms with Gasteiger partial charge in [0.1, 0.15) is 6.04 Å². The summed E-state index contributed by atoms with van der Waals surface area (Å²) in [7, 11) is 0. The minimum absolute atomic E-state index is 0.0375. The highest BCUT2D eigenvalue weighted by Crippen LogP contribution is 2.22. The van der Waals surface area contributed by atoms with Crippen LogP contribution in [0.3, 0.4) is 0 Å². The number of rotatable bonds is 11. The van der Waals surface area contributed by atoms with Crippen LogP contribution in [0.25, 0.3) is 10.8 Å². The summed E-state index contributed by atoms with van der Waals surface area (Å²) in [6.07, 6.45) is 0.995. The van der Waals surface area contributed by atoms with Crippen LogP contribution in [-0.4, -0.2) is 47.8 Å². The third-order valence-corrected chi connectivity index (χ3v) is 6.07. The van der Waals surface area contributed by atoms with Crippen molar-refractivity contribution < 1.29 is 9.59 Å². The molecule has 0 aliphatic heterocycles. The van der Waals surface area contributed by atoms with E-state index in [1.807, 2.05) is 54.6 Å². The first kappa shape index (κ1) is 26.0. The van der Waals surface area contributed by atoms with Gasteiger partial charge in [-0.05, 0) is 46.9 Å².